The van der Waals surface area contributed by atoms with Gasteiger partial charge >= 0.3 is 0 Å². The van der Waals surface area contributed by atoms with E-state index < -0.39 is 0 Å². The van der Waals surface area contributed by atoms with Crippen LogP contribution in [0.1, 0.15) is 36.5 Å². The van der Waals surface area contributed by atoms with Gasteiger partial charge in [0.1, 0.15) is 0 Å². The third kappa shape index (κ3) is 2.55. The summed E-state index contributed by atoms with van der Waals surface area (Å²) >= 11 is 5.91. The lowest BCUT2D eigenvalue weighted by atomic mass is 10.0. The van der Waals surface area contributed by atoms with Crippen LogP contribution in [0, 0.1) is 0 Å². The summed E-state index contributed by atoms with van der Waals surface area (Å²) in [6.45, 7) is 2.89. The van der Waals surface area contributed by atoms with Gasteiger partial charge in [-0.1, -0.05) is 11.6 Å². The smallest absolute Gasteiger partial charge is 0.256 e. The second kappa shape index (κ2) is 4.96. The number of nitrogen functional groups attached to an aromatic ring is 1. The molecule has 0 aliphatic carbocycles. The van der Waals surface area contributed by atoms with Crippen LogP contribution in [0.15, 0.2) is 18.2 Å². The summed E-state index contributed by atoms with van der Waals surface area (Å²) in [7, 11) is 0. The molecule has 4 heteroatoms. The number of carbonyl (C=O) groups excluding carboxylic acids is 1. The van der Waals surface area contributed by atoms with E-state index in [1.54, 1.807) is 18.2 Å². The van der Waals surface area contributed by atoms with Gasteiger partial charge in [-0.3, -0.25) is 4.79 Å². The first-order chi connectivity index (χ1) is 8.09. The van der Waals surface area contributed by atoms with Crippen LogP contribution in [-0.2, 0) is 0 Å². The molecule has 0 radical (unpaired) electrons. The molecule has 0 spiro atoms. The third-order valence-electron chi connectivity index (χ3n) is 3.31. The number of piperidine rings is 1. The maximum Gasteiger partial charge on any atom is 0.256 e. The first-order valence-corrected chi connectivity index (χ1v) is 6.33. The second-order valence-corrected chi connectivity index (χ2v) is 5.01. The highest BCUT2D eigenvalue weighted by molar-refractivity contribution is 6.31. The number of benzene rings is 1. The van der Waals surface area contributed by atoms with Gasteiger partial charge in [-0.15, -0.1) is 0 Å². The van der Waals surface area contributed by atoms with E-state index in [0.29, 0.717) is 16.3 Å². The van der Waals surface area contributed by atoms with Crippen LogP contribution < -0.4 is 5.73 Å². The van der Waals surface area contributed by atoms with Gasteiger partial charge in [0.2, 0.25) is 0 Å². The monoisotopic (exact) mass is 252 g/mol. The average molecular weight is 253 g/mol. The maximum absolute atomic E-state index is 12.4. The van der Waals surface area contributed by atoms with Crippen LogP contribution in [0.5, 0.6) is 0 Å². The van der Waals surface area contributed by atoms with Gasteiger partial charge < -0.3 is 10.6 Å². The van der Waals surface area contributed by atoms with Crippen molar-refractivity contribution in [1.29, 1.82) is 0 Å². The van der Waals surface area contributed by atoms with Gasteiger partial charge in [0.05, 0.1) is 5.56 Å². The minimum atomic E-state index is -0.00259. The fraction of sp³-hybridized carbons (Fsp3) is 0.462. The molecule has 0 bridgehead atoms. The fourth-order valence-electron chi connectivity index (χ4n) is 2.27. The van der Waals surface area contributed by atoms with Crippen molar-refractivity contribution in [3.05, 3.63) is 28.8 Å². The zero-order chi connectivity index (χ0) is 12.4. The van der Waals surface area contributed by atoms with Crippen molar-refractivity contribution in [3.63, 3.8) is 0 Å². The zero-order valence-corrected chi connectivity index (χ0v) is 10.7. The van der Waals surface area contributed by atoms with Crippen LogP contribution >= 0.6 is 11.6 Å². The molecule has 1 fully saturated rings. The molecule has 1 saturated heterocycles. The van der Waals surface area contributed by atoms with Gasteiger partial charge in [-0.25, -0.2) is 0 Å². The molecule has 1 amide bonds. The lowest BCUT2D eigenvalue weighted by Crippen LogP contribution is -2.42. The SMILES string of the molecule is CC1CCCCN1C(=O)c1cc(Cl)ccc1N. The van der Waals surface area contributed by atoms with Gasteiger partial charge in [0.15, 0.2) is 0 Å². The summed E-state index contributed by atoms with van der Waals surface area (Å²) in [6.07, 6.45) is 3.32. The standard InChI is InChI=1S/C13H17ClN2O/c1-9-4-2-3-7-16(9)13(17)11-8-10(14)5-6-12(11)15/h5-6,8-9H,2-4,7,15H2,1H3. The fourth-order valence-corrected chi connectivity index (χ4v) is 2.44. The van der Waals surface area contributed by atoms with Crippen molar-refractivity contribution in [3.8, 4) is 0 Å². The van der Waals surface area contributed by atoms with E-state index >= 15 is 0 Å². The van der Waals surface area contributed by atoms with Crippen molar-refractivity contribution < 1.29 is 4.79 Å². The Morgan fingerprint density at radius 1 is 1.47 bits per heavy atom. The number of rotatable bonds is 1. The zero-order valence-electron chi connectivity index (χ0n) is 9.95. The molecule has 1 aliphatic rings. The first-order valence-electron chi connectivity index (χ1n) is 5.95. The number of carbonyl (C=O) groups is 1. The molecule has 0 aromatic heterocycles. The molecule has 1 unspecified atom stereocenters. The van der Waals surface area contributed by atoms with Crippen LogP contribution in [0.2, 0.25) is 5.02 Å². The minimum absolute atomic E-state index is 0.00259. The second-order valence-electron chi connectivity index (χ2n) is 4.57. The summed E-state index contributed by atoms with van der Waals surface area (Å²) in [4.78, 5) is 14.3. The Kier molecular flexibility index (Phi) is 3.57. The number of likely N-dealkylation sites (tertiary alicyclic amines) is 1. The van der Waals surface area contributed by atoms with Crippen molar-refractivity contribution in [1.82, 2.24) is 4.90 Å². The normalized spacial score (nSPS) is 20.4. The number of nitrogens with two attached hydrogens (primary N) is 1. The Bertz CT molecular complexity index is 433. The highest BCUT2D eigenvalue weighted by atomic mass is 35.5. The Hall–Kier alpha value is -1.22. The lowest BCUT2D eigenvalue weighted by Gasteiger charge is -2.33. The van der Waals surface area contributed by atoms with E-state index in [0.717, 1.165) is 19.4 Å². The molecule has 17 heavy (non-hydrogen) atoms. The molecule has 2 N–H and O–H groups in total. The molecule has 0 saturated carbocycles. The van der Waals surface area contributed by atoms with Crippen molar-refractivity contribution in [2.24, 2.45) is 0 Å². The number of hydrogen-bond acceptors (Lipinski definition) is 2. The van der Waals surface area contributed by atoms with Gasteiger partial charge in [-0.2, -0.15) is 0 Å². The third-order valence-corrected chi connectivity index (χ3v) is 3.54. The summed E-state index contributed by atoms with van der Waals surface area (Å²) in [6, 6.07) is 5.33. The van der Waals surface area contributed by atoms with Crippen molar-refractivity contribution in [2.75, 3.05) is 12.3 Å². The molecule has 2 rings (SSSR count). The van der Waals surface area contributed by atoms with Gasteiger partial charge in [0, 0.05) is 23.3 Å². The number of halogens is 1. The molecule has 3 nitrogen and oxygen atoms in total. The predicted octanol–water partition coefficient (Wildman–Crippen LogP) is 2.94. The Morgan fingerprint density at radius 2 is 2.24 bits per heavy atom. The Balaban J connectivity index is 2.26. The lowest BCUT2D eigenvalue weighted by molar-refractivity contribution is 0.0637. The van der Waals surface area contributed by atoms with Crippen LogP contribution in [0.3, 0.4) is 0 Å². The number of amides is 1. The van der Waals surface area contributed by atoms with E-state index in [9.17, 15) is 4.79 Å². The summed E-state index contributed by atoms with van der Waals surface area (Å²) in [5.41, 5.74) is 6.85. The summed E-state index contributed by atoms with van der Waals surface area (Å²) in [5, 5.41) is 0.548. The van der Waals surface area contributed by atoms with E-state index in [-0.39, 0.29) is 11.9 Å². The highest BCUT2D eigenvalue weighted by Gasteiger charge is 2.25. The molecular formula is C13H17ClN2O. The number of nitrogens with zero attached hydrogens (tertiary/aromatic N) is 1. The Labute approximate surface area is 107 Å². The largest absolute Gasteiger partial charge is 0.398 e. The molecule has 1 aromatic carbocycles. The topological polar surface area (TPSA) is 46.3 Å². The van der Waals surface area contributed by atoms with Crippen LogP contribution in [0.4, 0.5) is 5.69 Å². The van der Waals surface area contributed by atoms with Gasteiger partial charge in [-0.05, 0) is 44.4 Å². The van der Waals surface area contributed by atoms with Crippen molar-refractivity contribution in [2.45, 2.75) is 32.2 Å². The van der Waals surface area contributed by atoms with E-state index in [1.165, 1.54) is 6.42 Å². The van der Waals surface area contributed by atoms with Crippen molar-refractivity contribution >= 4 is 23.2 Å². The molecular weight excluding hydrogens is 236 g/mol. The van der Waals surface area contributed by atoms with Crippen LogP contribution in [0.25, 0.3) is 0 Å². The maximum atomic E-state index is 12.4. The molecule has 92 valence electrons. The molecule has 1 heterocycles. The molecule has 1 aromatic rings. The number of hydrogen-bond donors (Lipinski definition) is 1. The molecule has 1 atom stereocenters. The van der Waals surface area contributed by atoms with E-state index in [2.05, 4.69) is 6.92 Å². The summed E-state index contributed by atoms with van der Waals surface area (Å²) in [5.74, 6) is -0.00259. The van der Waals surface area contributed by atoms with E-state index in [4.69, 9.17) is 17.3 Å². The quantitative estimate of drug-likeness (QED) is 0.781. The predicted molar refractivity (Wildman–Crippen MR) is 70.2 cm³/mol. The number of anilines is 1. The van der Waals surface area contributed by atoms with Crippen LogP contribution in [-0.4, -0.2) is 23.4 Å². The summed E-state index contributed by atoms with van der Waals surface area (Å²) < 4.78 is 0. The van der Waals surface area contributed by atoms with E-state index in [1.807, 2.05) is 4.90 Å². The highest BCUT2D eigenvalue weighted by Crippen LogP contribution is 2.24. The Morgan fingerprint density at radius 3 is 2.94 bits per heavy atom. The first kappa shape index (κ1) is 12.2. The molecule has 1 aliphatic heterocycles. The van der Waals surface area contributed by atoms with Gasteiger partial charge in [0.25, 0.3) is 5.91 Å². The average Bonchev–Trinajstić information content (AvgIpc) is 2.32. The minimum Gasteiger partial charge on any atom is -0.398 e.